The molecule has 0 amide bonds. The molecular formula is C10H10N2S3. The molecule has 0 saturated carbocycles. The average Bonchev–Trinajstić information content (AvgIpc) is 2.27. The molecule has 0 unspecified atom stereocenters. The molecule has 0 N–H and O–H groups in total. The van der Waals surface area contributed by atoms with E-state index in [0.717, 1.165) is 9.22 Å². The lowest BCUT2D eigenvalue weighted by Gasteiger charge is -2.16. The summed E-state index contributed by atoms with van der Waals surface area (Å²) in [6.07, 6.45) is 0. The molecule has 0 spiro atoms. The second kappa shape index (κ2) is 6.72. The van der Waals surface area contributed by atoms with Gasteiger partial charge in [-0.2, -0.15) is 5.26 Å². The molecule has 0 aliphatic carbocycles. The first kappa shape index (κ1) is 12.4. The van der Waals surface area contributed by atoms with Crippen LogP contribution in [0.15, 0.2) is 30.3 Å². The zero-order valence-corrected chi connectivity index (χ0v) is 10.7. The zero-order chi connectivity index (χ0) is 11.1. The molecule has 0 bridgehead atoms. The fraction of sp³-hybridized carbons (Fsp3) is 0.200. The van der Waals surface area contributed by atoms with Gasteiger partial charge in [-0.25, -0.2) is 0 Å². The van der Waals surface area contributed by atoms with Gasteiger partial charge in [-0.1, -0.05) is 42.2 Å². The molecule has 2 nitrogen and oxygen atoms in total. The van der Waals surface area contributed by atoms with Gasteiger partial charge in [-0.3, -0.25) is 0 Å². The fourth-order valence-corrected chi connectivity index (χ4v) is 2.79. The molecule has 1 aromatic rings. The highest BCUT2D eigenvalue weighted by atomic mass is 32.2. The third-order valence-corrected chi connectivity index (χ3v) is 3.88. The monoisotopic (exact) mass is 254 g/mol. The lowest BCUT2D eigenvalue weighted by molar-refractivity contribution is 1.37. The smallest absolute Gasteiger partial charge is 0.126 e. The zero-order valence-electron chi connectivity index (χ0n) is 8.21. The normalized spacial score (nSPS) is 9.33. The van der Waals surface area contributed by atoms with Crippen molar-refractivity contribution in [3.63, 3.8) is 0 Å². The van der Waals surface area contributed by atoms with Crippen molar-refractivity contribution in [3.8, 4) is 6.07 Å². The van der Waals surface area contributed by atoms with E-state index >= 15 is 0 Å². The van der Waals surface area contributed by atoms with Crippen molar-refractivity contribution in [3.05, 3.63) is 30.3 Å². The van der Waals surface area contributed by atoms with Gasteiger partial charge in [0.1, 0.15) is 3.53 Å². The quantitative estimate of drug-likeness (QED) is 0.609. The minimum atomic E-state index is 0.411. The highest BCUT2D eigenvalue weighted by Gasteiger charge is 2.05. The second-order valence-corrected chi connectivity index (χ2v) is 5.93. The molecule has 0 saturated heterocycles. The van der Waals surface area contributed by atoms with Gasteiger partial charge < -0.3 is 4.31 Å². The van der Waals surface area contributed by atoms with E-state index < -0.39 is 0 Å². The average molecular weight is 254 g/mol. The summed E-state index contributed by atoms with van der Waals surface area (Å²) >= 11 is 7.99. The SMILES string of the molecule is CN(SC(=S)SCC#N)c1ccccc1. The van der Waals surface area contributed by atoms with E-state index in [1.165, 1.54) is 23.7 Å². The number of hydrogen-bond donors (Lipinski definition) is 0. The molecule has 0 radical (unpaired) electrons. The Kier molecular flexibility index (Phi) is 5.54. The Bertz CT molecular complexity index is 359. The number of rotatable bonds is 3. The Morgan fingerprint density at radius 2 is 2.13 bits per heavy atom. The first-order valence-electron chi connectivity index (χ1n) is 4.24. The van der Waals surface area contributed by atoms with E-state index in [1.54, 1.807) is 0 Å². The minimum Gasteiger partial charge on any atom is -0.314 e. The van der Waals surface area contributed by atoms with Crippen LogP contribution in [0.5, 0.6) is 0 Å². The van der Waals surface area contributed by atoms with Crippen LogP contribution < -0.4 is 4.31 Å². The predicted octanol–water partition coefficient (Wildman–Crippen LogP) is 3.31. The lowest BCUT2D eigenvalue weighted by atomic mass is 10.3. The van der Waals surface area contributed by atoms with Gasteiger partial charge in [0.2, 0.25) is 0 Å². The maximum absolute atomic E-state index is 8.41. The van der Waals surface area contributed by atoms with E-state index in [4.69, 9.17) is 17.5 Å². The van der Waals surface area contributed by atoms with Crippen LogP contribution in [0.1, 0.15) is 0 Å². The van der Waals surface area contributed by atoms with Crippen molar-refractivity contribution in [2.45, 2.75) is 0 Å². The summed E-state index contributed by atoms with van der Waals surface area (Å²) in [5.41, 5.74) is 1.10. The first-order valence-corrected chi connectivity index (χ1v) is 6.41. The highest BCUT2D eigenvalue weighted by molar-refractivity contribution is 8.47. The largest absolute Gasteiger partial charge is 0.314 e. The Labute approximate surface area is 104 Å². The molecule has 0 aliphatic rings. The summed E-state index contributed by atoms with van der Waals surface area (Å²) in [7, 11) is 1.96. The van der Waals surface area contributed by atoms with Crippen molar-refractivity contribution in [2.75, 3.05) is 17.1 Å². The third-order valence-electron chi connectivity index (χ3n) is 1.59. The second-order valence-electron chi connectivity index (χ2n) is 2.62. The van der Waals surface area contributed by atoms with Crippen molar-refractivity contribution in [1.29, 1.82) is 5.26 Å². The Morgan fingerprint density at radius 3 is 2.73 bits per heavy atom. The van der Waals surface area contributed by atoms with Crippen molar-refractivity contribution < 1.29 is 0 Å². The molecule has 1 rings (SSSR count). The van der Waals surface area contributed by atoms with Crippen LogP contribution in [-0.2, 0) is 0 Å². The van der Waals surface area contributed by atoms with E-state index in [1.807, 2.05) is 41.7 Å². The summed E-state index contributed by atoms with van der Waals surface area (Å²) in [6.45, 7) is 0. The number of benzene rings is 1. The fourth-order valence-electron chi connectivity index (χ4n) is 0.920. The van der Waals surface area contributed by atoms with E-state index in [-0.39, 0.29) is 0 Å². The van der Waals surface area contributed by atoms with Crippen LogP contribution in [0.25, 0.3) is 0 Å². The van der Waals surface area contributed by atoms with Crippen LogP contribution in [0, 0.1) is 11.3 Å². The van der Waals surface area contributed by atoms with Crippen LogP contribution in [-0.4, -0.2) is 16.3 Å². The maximum atomic E-state index is 8.41. The summed E-state index contributed by atoms with van der Waals surface area (Å²) in [6, 6.07) is 12.0. The number of anilines is 1. The molecule has 0 heterocycles. The van der Waals surface area contributed by atoms with Gasteiger partial charge in [0, 0.05) is 24.7 Å². The van der Waals surface area contributed by atoms with Gasteiger partial charge in [0.05, 0.1) is 11.8 Å². The van der Waals surface area contributed by atoms with Crippen LogP contribution >= 0.6 is 35.9 Å². The molecule has 0 fully saturated rings. The number of nitrogens with zero attached hydrogens (tertiary/aromatic N) is 2. The summed E-state index contributed by atoms with van der Waals surface area (Å²) in [5, 5.41) is 8.41. The number of hydrogen-bond acceptors (Lipinski definition) is 5. The van der Waals surface area contributed by atoms with E-state index in [0.29, 0.717) is 5.75 Å². The molecule has 1 aromatic carbocycles. The van der Waals surface area contributed by atoms with Crippen LogP contribution in [0.3, 0.4) is 0 Å². The number of thioether (sulfide) groups is 1. The Hall–Kier alpha value is -0.700. The molecule has 5 heteroatoms. The highest BCUT2D eigenvalue weighted by Crippen LogP contribution is 2.25. The third kappa shape index (κ3) is 4.56. The van der Waals surface area contributed by atoms with Crippen LogP contribution in [0.2, 0.25) is 0 Å². The number of thiocarbonyl (C=S) groups is 1. The lowest BCUT2D eigenvalue weighted by Crippen LogP contribution is -2.08. The number of para-hydroxylation sites is 1. The molecule has 15 heavy (non-hydrogen) atoms. The molecule has 0 atom stereocenters. The van der Waals surface area contributed by atoms with Gasteiger partial charge in [-0.05, 0) is 12.1 Å². The van der Waals surface area contributed by atoms with Crippen molar-refractivity contribution >= 4 is 45.1 Å². The maximum Gasteiger partial charge on any atom is 0.126 e. The standard InChI is InChI=1S/C10H10N2S3/c1-12(9-5-3-2-4-6-9)15-10(13)14-8-7-11/h2-6H,8H2,1H3. The Balaban J connectivity index is 2.46. The topological polar surface area (TPSA) is 27.0 Å². The summed E-state index contributed by atoms with van der Waals surface area (Å²) in [5.74, 6) is 0.411. The minimum absolute atomic E-state index is 0.411. The molecule has 0 aliphatic heterocycles. The van der Waals surface area contributed by atoms with Crippen LogP contribution in [0.4, 0.5) is 5.69 Å². The van der Waals surface area contributed by atoms with E-state index in [2.05, 4.69) is 6.07 Å². The van der Waals surface area contributed by atoms with Crippen molar-refractivity contribution in [1.82, 2.24) is 0 Å². The molecule has 0 aromatic heterocycles. The summed E-state index contributed by atoms with van der Waals surface area (Å²) in [4.78, 5) is 0. The van der Waals surface area contributed by atoms with E-state index in [9.17, 15) is 0 Å². The van der Waals surface area contributed by atoms with Gasteiger partial charge in [0.15, 0.2) is 0 Å². The number of nitriles is 1. The summed E-state index contributed by atoms with van der Waals surface area (Å²) < 4.78 is 2.76. The predicted molar refractivity (Wildman–Crippen MR) is 73.1 cm³/mol. The molecular weight excluding hydrogens is 244 g/mol. The van der Waals surface area contributed by atoms with Gasteiger partial charge >= 0.3 is 0 Å². The Morgan fingerprint density at radius 1 is 1.47 bits per heavy atom. The van der Waals surface area contributed by atoms with Gasteiger partial charge in [-0.15, -0.1) is 0 Å². The van der Waals surface area contributed by atoms with Gasteiger partial charge in [0.25, 0.3) is 0 Å². The van der Waals surface area contributed by atoms with Crippen molar-refractivity contribution in [2.24, 2.45) is 0 Å². The molecule has 78 valence electrons. The first-order chi connectivity index (χ1) is 7.24.